The van der Waals surface area contributed by atoms with E-state index in [4.69, 9.17) is 4.74 Å². The molecule has 1 atom stereocenters. The van der Waals surface area contributed by atoms with Gasteiger partial charge in [0, 0.05) is 0 Å². The van der Waals surface area contributed by atoms with Gasteiger partial charge >= 0.3 is 5.82 Å². The predicted octanol–water partition coefficient (Wildman–Crippen LogP) is 3.44. The minimum atomic E-state index is -0.639. The van der Waals surface area contributed by atoms with Gasteiger partial charge in [0.25, 0.3) is 5.91 Å². The van der Waals surface area contributed by atoms with Crippen LogP contribution in [0.15, 0.2) is 42.6 Å². The summed E-state index contributed by atoms with van der Waals surface area (Å²) in [4.78, 5) is 26.2. The highest BCUT2D eigenvalue weighted by atomic mass is 16.6. The molecule has 0 saturated heterocycles. The van der Waals surface area contributed by atoms with Crippen LogP contribution in [0, 0.1) is 16.0 Å². The molecule has 7 heteroatoms. The molecule has 0 spiro atoms. The molecule has 1 heterocycles. The van der Waals surface area contributed by atoms with Crippen LogP contribution in [0.1, 0.15) is 37.9 Å². The predicted molar refractivity (Wildman–Crippen MR) is 97.9 cm³/mol. The molecule has 2 aromatic rings. The van der Waals surface area contributed by atoms with Gasteiger partial charge in [-0.15, -0.1) is 0 Å². The number of nitrogens with one attached hydrogen (secondary N) is 1. The Hall–Kier alpha value is -2.96. The maximum atomic E-state index is 12.3. The lowest BCUT2D eigenvalue weighted by molar-refractivity contribution is -0.390. The Morgan fingerprint density at radius 1 is 1.27 bits per heavy atom. The third-order valence-electron chi connectivity index (χ3n) is 4.01. The molecule has 1 amide bonds. The van der Waals surface area contributed by atoms with Gasteiger partial charge in [-0.05, 0) is 45.5 Å². The second-order valence-electron chi connectivity index (χ2n) is 6.26. The Labute approximate surface area is 152 Å². The molecule has 26 heavy (non-hydrogen) atoms. The number of benzene rings is 1. The summed E-state index contributed by atoms with van der Waals surface area (Å²) in [5, 5.41) is 13.9. The zero-order valence-electron chi connectivity index (χ0n) is 15.1. The Balaban J connectivity index is 2.03. The molecular weight excluding hydrogens is 334 g/mol. The minimum Gasteiger partial charge on any atom is -0.476 e. The van der Waals surface area contributed by atoms with Gasteiger partial charge in [0.2, 0.25) is 5.75 Å². The zero-order valence-corrected chi connectivity index (χ0v) is 15.1. The van der Waals surface area contributed by atoms with E-state index in [-0.39, 0.29) is 30.2 Å². The van der Waals surface area contributed by atoms with Crippen molar-refractivity contribution in [2.45, 2.75) is 33.2 Å². The molecule has 7 nitrogen and oxygen atoms in total. The summed E-state index contributed by atoms with van der Waals surface area (Å²) in [6, 6.07) is 10.9. The van der Waals surface area contributed by atoms with Crippen LogP contribution in [-0.4, -0.2) is 22.4 Å². The average molecular weight is 357 g/mol. The topological polar surface area (TPSA) is 94.4 Å². The number of amides is 1. The summed E-state index contributed by atoms with van der Waals surface area (Å²) in [5.41, 5.74) is 2.24. The lowest BCUT2D eigenvalue weighted by Crippen LogP contribution is -2.35. The molecule has 0 unspecified atom stereocenters. The molecule has 0 fully saturated rings. The van der Waals surface area contributed by atoms with E-state index < -0.39 is 10.7 Å². The van der Waals surface area contributed by atoms with Crippen molar-refractivity contribution >= 4 is 11.7 Å². The lowest BCUT2D eigenvalue weighted by Gasteiger charge is -2.23. The van der Waals surface area contributed by atoms with Crippen LogP contribution >= 0.6 is 0 Å². The quantitative estimate of drug-likeness (QED) is 0.577. The standard InChI is InChI=1S/C19H23N3O4/c1-4-14-7-9-15(10-8-14)18(13(2)3)21-17(23)12-26-16-6-5-11-20-19(16)22(24)25/h5-11,13,18H,4,12H2,1-3H3,(H,21,23)/t18-/m1/s1. The zero-order chi connectivity index (χ0) is 19.1. The number of aromatic nitrogens is 1. The van der Waals surface area contributed by atoms with E-state index in [1.807, 2.05) is 38.1 Å². The second kappa shape index (κ2) is 8.94. The lowest BCUT2D eigenvalue weighted by atomic mass is 9.95. The Bertz CT molecular complexity index is 760. The van der Waals surface area contributed by atoms with Crippen LogP contribution in [0.3, 0.4) is 0 Å². The van der Waals surface area contributed by atoms with Crippen molar-refractivity contribution in [3.8, 4) is 5.75 Å². The largest absolute Gasteiger partial charge is 0.476 e. The summed E-state index contributed by atoms with van der Waals surface area (Å²) in [5.74, 6) is -0.600. The van der Waals surface area contributed by atoms with Gasteiger partial charge in [-0.3, -0.25) is 4.79 Å². The number of rotatable bonds is 8. The van der Waals surface area contributed by atoms with Crippen LogP contribution in [0.4, 0.5) is 5.82 Å². The van der Waals surface area contributed by atoms with Crippen LogP contribution in [0.2, 0.25) is 0 Å². The first-order valence-corrected chi connectivity index (χ1v) is 8.52. The van der Waals surface area contributed by atoms with E-state index >= 15 is 0 Å². The summed E-state index contributed by atoms with van der Waals surface area (Å²) in [7, 11) is 0. The number of carbonyl (C=O) groups is 1. The van der Waals surface area contributed by atoms with Gasteiger partial charge < -0.3 is 20.2 Å². The number of nitrogens with zero attached hydrogens (tertiary/aromatic N) is 2. The van der Waals surface area contributed by atoms with Crippen LogP contribution in [0.25, 0.3) is 0 Å². The Morgan fingerprint density at radius 2 is 1.96 bits per heavy atom. The van der Waals surface area contributed by atoms with Gasteiger partial charge in [0.05, 0.1) is 6.04 Å². The number of pyridine rings is 1. The average Bonchev–Trinajstić information content (AvgIpc) is 2.64. The van der Waals surface area contributed by atoms with Crippen molar-refractivity contribution in [1.82, 2.24) is 10.3 Å². The third kappa shape index (κ3) is 5.02. The van der Waals surface area contributed by atoms with Crippen molar-refractivity contribution in [3.05, 3.63) is 63.8 Å². The maximum absolute atomic E-state index is 12.3. The van der Waals surface area contributed by atoms with Gasteiger partial charge in [0.15, 0.2) is 6.61 Å². The van der Waals surface area contributed by atoms with E-state index in [0.29, 0.717) is 0 Å². The first kappa shape index (κ1) is 19.4. The Morgan fingerprint density at radius 3 is 2.54 bits per heavy atom. The maximum Gasteiger partial charge on any atom is 0.406 e. The molecule has 1 aromatic carbocycles. The Kier molecular flexibility index (Phi) is 6.66. The highest BCUT2D eigenvalue weighted by Gasteiger charge is 2.20. The van der Waals surface area contributed by atoms with Crippen LogP contribution in [0.5, 0.6) is 5.75 Å². The molecule has 0 bridgehead atoms. The number of hydrogen-bond acceptors (Lipinski definition) is 5. The number of aryl methyl sites for hydroxylation is 1. The van der Waals surface area contributed by atoms with Gasteiger partial charge in [-0.2, -0.15) is 0 Å². The van der Waals surface area contributed by atoms with E-state index in [1.54, 1.807) is 0 Å². The molecule has 0 aliphatic heterocycles. The van der Waals surface area contributed by atoms with Crippen molar-refractivity contribution in [3.63, 3.8) is 0 Å². The molecule has 0 radical (unpaired) electrons. The molecule has 2 rings (SSSR count). The minimum absolute atomic E-state index is 0.0268. The molecule has 1 aromatic heterocycles. The van der Waals surface area contributed by atoms with Crippen molar-refractivity contribution < 1.29 is 14.5 Å². The number of ether oxygens (including phenoxy) is 1. The second-order valence-corrected chi connectivity index (χ2v) is 6.26. The monoisotopic (exact) mass is 357 g/mol. The number of carbonyl (C=O) groups excluding carboxylic acids is 1. The summed E-state index contributed by atoms with van der Waals surface area (Å²) in [6.07, 6.45) is 2.26. The van der Waals surface area contributed by atoms with E-state index in [1.165, 1.54) is 23.9 Å². The van der Waals surface area contributed by atoms with Gasteiger partial charge in [-0.1, -0.05) is 45.0 Å². The fourth-order valence-corrected chi connectivity index (χ4v) is 2.59. The smallest absolute Gasteiger partial charge is 0.406 e. The molecule has 1 N–H and O–H groups in total. The van der Waals surface area contributed by atoms with Crippen molar-refractivity contribution in [2.24, 2.45) is 5.92 Å². The van der Waals surface area contributed by atoms with Crippen molar-refractivity contribution in [2.75, 3.05) is 6.61 Å². The van der Waals surface area contributed by atoms with Crippen LogP contribution < -0.4 is 10.1 Å². The molecular formula is C19H23N3O4. The number of hydrogen-bond donors (Lipinski definition) is 1. The first-order chi connectivity index (χ1) is 12.4. The SMILES string of the molecule is CCc1ccc([C@H](NC(=O)COc2cccnc2[N+](=O)[O-])C(C)C)cc1. The summed E-state index contributed by atoms with van der Waals surface area (Å²) >= 11 is 0. The molecule has 0 aliphatic carbocycles. The normalized spacial score (nSPS) is 11.8. The molecule has 138 valence electrons. The van der Waals surface area contributed by atoms with E-state index in [2.05, 4.69) is 17.2 Å². The molecule has 0 saturated carbocycles. The van der Waals surface area contributed by atoms with Crippen LogP contribution in [-0.2, 0) is 11.2 Å². The third-order valence-corrected chi connectivity index (χ3v) is 4.01. The van der Waals surface area contributed by atoms with Gasteiger partial charge in [0.1, 0.15) is 6.20 Å². The fourth-order valence-electron chi connectivity index (χ4n) is 2.59. The van der Waals surface area contributed by atoms with Gasteiger partial charge in [-0.25, -0.2) is 0 Å². The summed E-state index contributed by atoms with van der Waals surface area (Å²) < 4.78 is 5.30. The highest BCUT2D eigenvalue weighted by Crippen LogP contribution is 2.24. The van der Waals surface area contributed by atoms with E-state index in [9.17, 15) is 14.9 Å². The first-order valence-electron chi connectivity index (χ1n) is 8.52. The molecule has 0 aliphatic rings. The summed E-state index contributed by atoms with van der Waals surface area (Å²) in [6.45, 7) is 5.81. The highest BCUT2D eigenvalue weighted by molar-refractivity contribution is 5.78. The number of nitro groups is 1. The van der Waals surface area contributed by atoms with Crippen molar-refractivity contribution in [1.29, 1.82) is 0 Å². The van der Waals surface area contributed by atoms with E-state index in [0.717, 1.165) is 12.0 Å². The fraction of sp³-hybridized carbons (Fsp3) is 0.368.